The summed E-state index contributed by atoms with van der Waals surface area (Å²) in [5, 5.41) is 5.66. The summed E-state index contributed by atoms with van der Waals surface area (Å²) >= 11 is 1.59. The molecule has 0 aliphatic carbocycles. The average Bonchev–Trinajstić information content (AvgIpc) is 2.87. The maximum Gasteiger partial charge on any atom is 0.226 e. The maximum atomic E-state index is 11.4. The number of aromatic nitrogens is 1. The van der Waals surface area contributed by atoms with Crippen LogP contribution >= 0.6 is 11.3 Å². The van der Waals surface area contributed by atoms with Crippen LogP contribution in [0.1, 0.15) is 50.7 Å². The van der Waals surface area contributed by atoms with Crippen molar-refractivity contribution in [2.75, 3.05) is 20.1 Å². The molecule has 4 nitrogen and oxygen atoms in total. The highest BCUT2D eigenvalue weighted by molar-refractivity contribution is 7.09. The van der Waals surface area contributed by atoms with E-state index in [0.29, 0.717) is 11.8 Å². The quantitative estimate of drug-likeness (QED) is 0.875. The summed E-state index contributed by atoms with van der Waals surface area (Å²) in [4.78, 5) is 18.5. The zero-order valence-corrected chi connectivity index (χ0v) is 15.1. The molecule has 0 unspecified atom stereocenters. The highest BCUT2D eigenvalue weighted by atomic mass is 32.1. The minimum Gasteiger partial charge on any atom is -0.359 e. The fourth-order valence-electron chi connectivity index (χ4n) is 3.40. The molecule has 0 bridgehead atoms. The first-order valence-electron chi connectivity index (χ1n) is 8.26. The Morgan fingerprint density at radius 2 is 2.14 bits per heavy atom. The number of likely N-dealkylation sites (tertiary alicyclic amines) is 1. The van der Waals surface area contributed by atoms with Gasteiger partial charge in [-0.05, 0) is 43.7 Å². The van der Waals surface area contributed by atoms with Gasteiger partial charge in [-0.25, -0.2) is 4.98 Å². The van der Waals surface area contributed by atoms with Crippen LogP contribution in [0, 0.1) is 11.3 Å². The number of nitrogens with one attached hydrogen (secondary N) is 1. The van der Waals surface area contributed by atoms with E-state index in [4.69, 9.17) is 0 Å². The Morgan fingerprint density at radius 1 is 1.45 bits per heavy atom. The van der Waals surface area contributed by atoms with Gasteiger partial charge in [-0.3, -0.25) is 9.69 Å². The van der Waals surface area contributed by atoms with Gasteiger partial charge < -0.3 is 5.32 Å². The predicted molar refractivity (Wildman–Crippen MR) is 92.0 cm³/mol. The molecule has 0 radical (unpaired) electrons. The van der Waals surface area contributed by atoms with Gasteiger partial charge in [0, 0.05) is 19.0 Å². The molecule has 1 N–H and O–H groups in total. The van der Waals surface area contributed by atoms with Crippen molar-refractivity contribution in [1.29, 1.82) is 0 Å². The number of rotatable bonds is 6. The predicted octanol–water partition coefficient (Wildman–Crippen LogP) is 3.08. The van der Waals surface area contributed by atoms with Gasteiger partial charge in [-0.2, -0.15) is 0 Å². The number of piperidine rings is 1. The van der Waals surface area contributed by atoms with Crippen molar-refractivity contribution in [3.63, 3.8) is 0 Å². The number of thiazole rings is 1. The molecular weight excluding hydrogens is 294 g/mol. The summed E-state index contributed by atoms with van der Waals surface area (Å²) < 4.78 is 0. The molecule has 1 fully saturated rings. The van der Waals surface area contributed by atoms with E-state index in [1.165, 1.54) is 19.3 Å². The highest BCUT2D eigenvalue weighted by Crippen LogP contribution is 2.37. The van der Waals surface area contributed by atoms with Crippen molar-refractivity contribution in [2.24, 2.45) is 11.3 Å². The van der Waals surface area contributed by atoms with Crippen LogP contribution in [0.2, 0.25) is 0 Å². The highest BCUT2D eigenvalue weighted by Gasteiger charge is 2.30. The lowest BCUT2D eigenvalue weighted by Gasteiger charge is -2.40. The molecule has 0 saturated carbocycles. The van der Waals surface area contributed by atoms with E-state index in [-0.39, 0.29) is 5.91 Å². The third-order valence-corrected chi connectivity index (χ3v) is 5.44. The Hall–Kier alpha value is -0.940. The molecule has 1 saturated heterocycles. The molecule has 1 aliphatic heterocycles. The van der Waals surface area contributed by atoms with Crippen molar-refractivity contribution in [2.45, 2.75) is 53.0 Å². The van der Waals surface area contributed by atoms with E-state index in [1.807, 2.05) is 0 Å². The van der Waals surface area contributed by atoms with Crippen LogP contribution in [-0.4, -0.2) is 35.9 Å². The molecule has 1 aromatic heterocycles. The largest absolute Gasteiger partial charge is 0.359 e. The van der Waals surface area contributed by atoms with E-state index in [1.54, 1.807) is 18.4 Å². The molecule has 0 aromatic carbocycles. The van der Waals surface area contributed by atoms with Crippen LogP contribution < -0.4 is 5.32 Å². The van der Waals surface area contributed by atoms with Crippen LogP contribution in [-0.2, 0) is 17.8 Å². The van der Waals surface area contributed by atoms with E-state index in [0.717, 1.165) is 36.3 Å². The molecule has 1 aromatic rings. The molecule has 1 aliphatic rings. The number of likely N-dealkylation sites (N-methyl/N-ethyl adjacent to an activating group) is 1. The fourth-order valence-corrected chi connectivity index (χ4v) is 4.18. The van der Waals surface area contributed by atoms with E-state index < -0.39 is 0 Å². The minimum absolute atomic E-state index is 0.0309. The first kappa shape index (κ1) is 17.4. The van der Waals surface area contributed by atoms with Gasteiger partial charge in [0.15, 0.2) is 0 Å². The standard InChI is InChI=1S/C17H29N3OS/c1-13(2)10-17(3)5-7-20(8-6-17)11-14-12-22-16(19-14)9-15(21)18-4/h12-13H,5-11H2,1-4H3,(H,18,21). The minimum atomic E-state index is 0.0309. The zero-order chi connectivity index (χ0) is 16.2. The van der Waals surface area contributed by atoms with Gasteiger partial charge in [0.25, 0.3) is 0 Å². The molecule has 2 heterocycles. The molecule has 2 rings (SSSR count). The summed E-state index contributed by atoms with van der Waals surface area (Å²) in [6.07, 6.45) is 4.28. The lowest BCUT2D eigenvalue weighted by Crippen LogP contribution is -2.38. The van der Waals surface area contributed by atoms with Gasteiger partial charge in [-0.1, -0.05) is 20.8 Å². The Balaban J connectivity index is 1.82. The van der Waals surface area contributed by atoms with Gasteiger partial charge in [0.1, 0.15) is 5.01 Å². The lowest BCUT2D eigenvalue weighted by molar-refractivity contribution is -0.119. The Bertz CT molecular complexity index is 490. The van der Waals surface area contributed by atoms with Crippen molar-refractivity contribution < 1.29 is 4.79 Å². The molecule has 5 heteroatoms. The molecule has 22 heavy (non-hydrogen) atoms. The SMILES string of the molecule is CNC(=O)Cc1nc(CN2CCC(C)(CC(C)C)CC2)cs1. The van der Waals surface area contributed by atoms with Crippen LogP contribution in [0.25, 0.3) is 0 Å². The number of nitrogens with zero attached hydrogens (tertiary/aromatic N) is 2. The van der Waals surface area contributed by atoms with Crippen LogP contribution in [0.5, 0.6) is 0 Å². The van der Waals surface area contributed by atoms with Gasteiger partial charge in [-0.15, -0.1) is 11.3 Å². The van der Waals surface area contributed by atoms with E-state index in [2.05, 4.69) is 41.4 Å². The number of carbonyl (C=O) groups excluding carboxylic acids is 1. The fraction of sp³-hybridized carbons (Fsp3) is 0.765. The Kier molecular flexibility index (Phi) is 5.98. The number of hydrogen-bond acceptors (Lipinski definition) is 4. The number of hydrogen-bond donors (Lipinski definition) is 1. The topological polar surface area (TPSA) is 45.2 Å². The second-order valence-electron chi connectivity index (χ2n) is 7.27. The van der Waals surface area contributed by atoms with Gasteiger partial charge in [0.2, 0.25) is 5.91 Å². The second-order valence-corrected chi connectivity index (χ2v) is 8.21. The van der Waals surface area contributed by atoms with Crippen LogP contribution in [0.4, 0.5) is 0 Å². The normalized spacial score (nSPS) is 18.6. The zero-order valence-electron chi connectivity index (χ0n) is 14.3. The Morgan fingerprint density at radius 3 is 2.73 bits per heavy atom. The summed E-state index contributed by atoms with van der Waals surface area (Å²) in [7, 11) is 1.67. The lowest BCUT2D eigenvalue weighted by atomic mass is 9.74. The van der Waals surface area contributed by atoms with Crippen LogP contribution in [0.15, 0.2) is 5.38 Å². The first-order chi connectivity index (χ1) is 10.4. The first-order valence-corrected chi connectivity index (χ1v) is 9.14. The number of carbonyl (C=O) groups is 1. The van der Waals surface area contributed by atoms with Crippen LogP contribution in [0.3, 0.4) is 0 Å². The van der Waals surface area contributed by atoms with Crippen molar-refractivity contribution in [3.8, 4) is 0 Å². The third kappa shape index (κ3) is 5.06. The summed E-state index contributed by atoms with van der Waals surface area (Å²) in [5.74, 6) is 0.811. The molecule has 0 atom stereocenters. The van der Waals surface area contributed by atoms with Gasteiger partial charge >= 0.3 is 0 Å². The monoisotopic (exact) mass is 323 g/mol. The van der Waals surface area contributed by atoms with E-state index in [9.17, 15) is 4.79 Å². The Labute approximate surface area is 138 Å². The summed E-state index contributed by atoms with van der Waals surface area (Å²) in [5.41, 5.74) is 1.62. The smallest absolute Gasteiger partial charge is 0.226 e. The van der Waals surface area contributed by atoms with Crippen molar-refractivity contribution in [1.82, 2.24) is 15.2 Å². The maximum absolute atomic E-state index is 11.4. The third-order valence-electron chi connectivity index (χ3n) is 4.54. The van der Waals surface area contributed by atoms with Crippen molar-refractivity contribution in [3.05, 3.63) is 16.1 Å². The summed E-state index contributed by atoms with van der Waals surface area (Å²) in [6.45, 7) is 10.3. The average molecular weight is 324 g/mol. The van der Waals surface area contributed by atoms with E-state index >= 15 is 0 Å². The second kappa shape index (κ2) is 7.55. The summed E-state index contributed by atoms with van der Waals surface area (Å²) in [6, 6.07) is 0. The molecule has 0 spiro atoms. The molecule has 124 valence electrons. The van der Waals surface area contributed by atoms with Gasteiger partial charge in [0.05, 0.1) is 12.1 Å². The van der Waals surface area contributed by atoms with Crippen molar-refractivity contribution >= 4 is 17.2 Å². The number of amides is 1. The molecular formula is C17H29N3OS. The molecule has 1 amide bonds.